The fourth-order valence-corrected chi connectivity index (χ4v) is 3.35. The van der Waals surface area contributed by atoms with Gasteiger partial charge < -0.3 is 9.84 Å². The Morgan fingerprint density at radius 3 is 3.00 bits per heavy atom. The summed E-state index contributed by atoms with van der Waals surface area (Å²) in [6.45, 7) is 3.46. The molecule has 0 radical (unpaired) electrons. The van der Waals surface area contributed by atoms with Crippen molar-refractivity contribution >= 4 is 11.6 Å². The number of benzene rings is 1. The predicted octanol–water partition coefficient (Wildman–Crippen LogP) is 2.12. The van der Waals surface area contributed by atoms with Crippen LogP contribution in [0.15, 0.2) is 34.9 Å². The summed E-state index contributed by atoms with van der Waals surface area (Å²) < 4.78 is 5.12. The van der Waals surface area contributed by atoms with Crippen LogP contribution in [0.2, 0.25) is 0 Å². The molecule has 2 aliphatic heterocycles. The number of hydrogen-bond donors (Lipinski definition) is 1. The molecule has 108 valence electrons. The third-order valence-electron chi connectivity index (χ3n) is 4.60. The zero-order chi connectivity index (χ0) is 14.4. The highest BCUT2D eigenvalue weighted by Crippen LogP contribution is 2.41. The number of amides is 1. The zero-order valence-electron chi connectivity index (χ0n) is 11.9. The number of anilines is 1. The Morgan fingerprint density at radius 1 is 1.43 bits per heavy atom. The first-order valence-electron chi connectivity index (χ1n) is 7.24. The second kappa shape index (κ2) is 4.43. The molecule has 1 N–H and O–H groups in total. The van der Waals surface area contributed by atoms with Crippen LogP contribution >= 0.6 is 0 Å². The molecule has 1 fully saturated rings. The molecule has 1 aromatic carbocycles. The largest absolute Gasteiger partial charge is 0.361 e. The van der Waals surface area contributed by atoms with Gasteiger partial charge in [-0.15, -0.1) is 0 Å². The summed E-state index contributed by atoms with van der Waals surface area (Å²) in [6, 6.07) is 9.96. The number of aromatic nitrogens is 1. The number of carbonyl (C=O) groups excluding carboxylic acids is 1. The van der Waals surface area contributed by atoms with Gasteiger partial charge in [0.05, 0.1) is 5.69 Å². The lowest BCUT2D eigenvalue weighted by Gasteiger charge is -2.53. The fraction of sp³-hybridized carbons (Fsp3) is 0.375. The first-order chi connectivity index (χ1) is 10.2. The minimum atomic E-state index is -0.415. The third-order valence-corrected chi connectivity index (χ3v) is 4.60. The first kappa shape index (κ1) is 12.6. The van der Waals surface area contributed by atoms with Gasteiger partial charge in [0.1, 0.15) is 11.3 Å². The average Bonchev–Trinajstić information content (AvgIpc) is 2.88. The lowest BCUT2D eigenvalue weighted by atomic mass is 9.75. The van der Waals surface area contributed by atoms with Crippen LogP contribution in [0.25, 0.3) is 0 Å². The van der Waals surface area contributed by atoms with Crippen LogP contribution in [0, 0.1) is 6.92 Å². The van der Waals surface area contributed by atoms with Crippen LogP contribution in [-0.2, 0) is 17.8 Å². The molecule has 3 heterocycles. The number of nitrogens with one attached hydrogen (secondary N) is 1. The van der Waals surface area contributed by atoms with E-state index in [0.29, 0.717) is 6.54 Å². The van der Waals surface area contributed by atoms with Gasteiger partial charge in [-0.1, -0.05) is 23.4 Å². The molecule has 1 amide bonds. The minimum Gasteiger partial charge on any atom is -0.361 e. The summed E-state index contributed by atoms with van der Waals surface area (Å²) in [5, 5.41) is 7.09. The zero-order valence-corrected chi connectivity index (χ0v) is 11.9. The number of hydrogen-bond acceptors (Lipinski definition) is 4. The van der Waals surface area contributed by atoms with E-state index in [1.165, 1.54) is 5.56 Å². The summed E-state index contributed by atoms with van der Waals surface area (Å²) in [6.07, 6.45) is 1.66. The van der Waals surface area contributed by atoms with Crippen molar-refractivity contribution in [2.45, 2.75) is 31.8 Å². The summed E-state index contributed by atoms with van der Waals surface area (Å²) >= 11 is 0. The van der Waals surface area contributed by atoms with E-state index < -0.39 is 5.54 Å². The normalized spacial score (nSPS) is 24.5. The van der Waals surface area contributed by atoms with E-state index in [-0.39, 0.29) is 5.91 Å². The van der Waals surface area contributed by atoms with E-state index in [9.17, 15) is 4.79 Å². The van der Waals surface area contributed by atoms with Gasteiger partial charge in [-0.25, -0.2) is 0 Å². The van der Waals surface area contributed by atoms with E-state index in [1.807, 2.05) is 31.2 Å². The number of fused-ring (bicyclic) bond motifs is 1. The van der Waals surface area contributed by atoms with Crippen molar-refractivity contribution in [1.82, 2.24) is 10.1 Å². The smallest absolute Gasteiger partial charge is 0.245 e. The van der Waals surface area contributed by atoms with Crippen LogP contribution < -0.4 is 5.32 Å². The monoisotopic (exact) mass is 283 g/mol. The first-order valence-corrected chi connectivity index (χ1v) is 7.24. The Balaban J connectivity index is 1.61. The third kappa shape index (κ3) is 1.88. The van der Waals surface area contributed by atoms with Crippen LogP contribution in [0.4, 0.5) is 5.69 Å². The minimum absolute atomic E-state index is 0.104. The summed E-state index contributed by atoms with van der Waals surface area (Å²) in [5.74, 6) is 0.908. The molecule has 0 saturated carbocycles. The second-order valence-corrected chi connectivity index (χ2v) is 5.92. The molecule has 1 aromatic heterocycles. The SMILES string of the molecule is Cc1cc(CN2CCC23Cc2ccccc2NC3=O)no1. The number of aryl methyl sites for hydroxylation is 1. The Hall–Kier alpha value is -2.14. The molecule has 0 aliphatic carbocycles. The molecule has 5 heteroatoms. The van der Waals surface area contributed by atoms with Crippen LogP contribution in [0.3, 0.4) is 0 Å². The van der Waals surface area contributed by atoms with E-state index in [4.69, 9.17) is 4.52 Å². The number of rotatable bonds is 2. The topological polar surface area (TPSA) is 58.4 Å². The summed E-state index contributed by atoms with van der Waals surface area (Å²) in [5.41, 5.74) is 2.62. The molecule has 21 heavy (non-hydrogen) atoms. The maximum atomic E-state index is 12.6. The molecule has 0 bridgehead atoms. The molecular weight excluding hydrogens is 266 g/mol. The van der Waals surface area contributed by atoms with Gasteiger partial charge in [0.15, 0.2) is 0 Å². The molecule has 2 aromatic rings. The second-order valence-electron chi connectivity index (χ2n) is 5.92. The Morgan fingerprint density at radius 2 is 2.29 bits per heavy atom. The van der Waals surface area contributed by atoms with Gasteiger partial charge in [-0.2, -0.15) is 0 Å². The maximum Gasteiger partial charge on any atom is 0.245 e. The van der Waals surface area contributed by atoms with Crippen molar-refractivity contribution in [3.8, 4) is 0 Å². The molecule has 2 aliphatic rings. The molecule has 4 rings (SSSR count). The highest BCUT2D eigenvalue weighted by Gasteiger charge is 2.53. The van der Waals surface area contributed by atoms with Gasteiger partial charge in [-0.05, 0) is 25.0 Å². The molecule has 1 unspecified atom stereocenters. The van der Waals surface area contributed by atoms with E-state index in [1.54, 1.807) is 0 Å². The van der Waals surface area contributed by atoms with E-state index >= 15 is 0 Å². The van der Waals surface area contributed by atoms with Gasteiger partial charge in [0, 0.05) is 31.3 Å². The Labute approximate surface area is 122 Å². The number of para-hydroxylation sites is 1. The fourth-order valence-electron chi connectivity index (χ4n) is 3.35. The van der Waals surface area contributed by atoms with E-state index in [0.717, 1.165) is 36.5 Å². The number of likely N-dealkylation sites (tertiary alicyclic amines) is 1. The van der Waals surface area contributed by atoms with Gasteiger partial charge in [-0.3, -0.25) is 9.69 Å². The number of carbonyl (C=O) groups is 1. The summed E-state index contributed by atoms with van der Waals surface area (Å²) in [4.78, 5) is 14.8. The van der Waals surface area contributed by atoms with Gasteiger partial charge >= 0.3 is 0 Å². The van der Waals surface area contributed by atoms with Crippen LogP contribution in [0.5, 0.6) is 0 Å². The van der Waals surface area contributed by atoms with E-state index in [2.05, 4.69) is 21.4 Å². The highest BCUT2D eigenvalue weighted by molar-refractivity contribution is 6.01. The predicted molar refractivity (Wildman–Crippen MR) is 77.8 cm³/mol. The molecule has 1 spiro atoms. The molecule has 5 nitrogen and oxygen atoms in total. The van der Waals surface area contributed by atoms with Crippen molar-refractivity contribution in [3.05, 3.63) is 47.3 Å². The Kier molecular flexibility index (Phi) is 2.65. The molecule has 1 saturated heterocycles. The van der Waals surface area contributed by atoms with Crippen molar-refractivity contribution in [2.75, 3.05) is 11.9 Å². The lowest BCUT2D eigenvalue weighted by Crippen LogP contribution is -2.68. The Bertz CT molecular complexity index is 709. The number of nitrogens with zero attached hydrogens (tertiary/aromatic N) is 2. The van der Waals surface area contributed by atoms with Gasteiger partial charge in [0.2, 0.25) is 5.91 Å². The quantitative estimate of drug-likeness (QED) is 0.917. The van der Waals surface area contributed by atoms with Crippen molar-refractivity contribution in [3.63, 3.8) is 0 Å². The highest BCUT2D eigenvalue weighted by atomic mass is 16.5. The average molecular weight is 283 g/mol. The van der Waals surface area contributed by atoms with Gasteiger partial charge in [0.25, 0.3) is 0 Å². The maximum absolute atomic E-state index is 12.6. The lowest BCUT2D eigenvalue weighted by molar-refractivity contribution is -0.139. The van der Waals surface area contributed by atoms with Crippen molar-refractivity contribution in [2.24, 2.45) is 0 Å². The standard InChI is InChI=1S/C16H17N3O2/c1-11-8-13(18-21-11)10-19-7-6-16(19)9-12-4-2-3-5-14(12)17-15(16)20/h2-5,8H,6-7,9-10H2,1H3,(H,17,20). The van der Waals surface area contributed by atoms with Crippen LogP contribution in [-0.4, -0.2) is 28.0 Å². The summed E-state index contributed by atoms with van der Waals surface area (Å²) in [7, 11) is 0. The molecular formula is C16H17N3O2. The van der Waals surface area contributed by atoms with Crippen molar-refractivity contribution < 1.29 is 9.32 Å². The molecule has 1 atom stereocenters. The van der Waals surface area contributed by atoms with Crippen LogP contribution in [0.1, 0.15) is 23.4 Å². The van der Waals surface area contributed by atoms with Crippen molar-refractivity contribution in [1.29, 1.82) is 0 Å².